The first kappa shape index (κ1) is 15.7. The number of rotatable bonds is 3. The van der Waals surface area contributed by atoms with Crippen LogP contribution in [0.5, 0.6) is 0 Å². The summed E-state index contributed by atoms with van der Waals surface area (Å²) >= 11 is -1.78. The maximum atomic E-state index is 5.95. The Bertz CT molecular complexity index is 627. The molecule has 0 bridgehead atoms. The van der Waals surface area contributed by atoms with Gasteiger partial charge < -0.3 is 0 Å². The summed E-state index contributed by atoms with van der Waals surface area (Å²) in [6, 6.07) is 4.36. The third-order valence-electron chi connectivity index (χ3n) is 3.12. The molecule has 0 spiro atoms. The standard InChI is InChI=1S/C16H17N.2ClH.Ru/c1-11-8-13(3)16(14(4)9-11)17-10-15-7-5-6-12(15)2;;;/h2,5-10,17H,1,3-4H3;2*1H;/q;;;+2/p-2/b15-10-;;;. The Hall–Kier alpha value is -0.687. The number of aryl methyl sites for hydroxylation is 3. The second kappa shape index (κ2) is 6.85. The number of anilines is 1. The molecule has 1 N–H and O–H groups in total. The molecule has 0 amide bonds. The van der Waals surface area contributed by atoms with Gasteiger partial charge in [-0.3, -0.25) is 0 Å². The Morgan fingerprint density at radius 2 is 1.75 bits per heavy atom. The van der Waals surface area contributed by atoms with E-state index in [9.17, 15) is 0 Å². The summed E-state index contributed by atoms with van der Waals surface area (Å²) < 4.78 is 1.97. The summed E-state index contributed by atoms with van der Waals surface area (Å²) in [6.07, 6.45) is 8.12. The zero-order valence-electron chi connectivity index (χ0n) is 11.7. The molecule has 0 atom stereocenters. The average Bonchev–Trinajstić information content (AvgIpc) is 2.74. The maximum absolute atomic E-state index is 5.95. The molecule has 20 heavy (non-hydrogen) atoms. The molecule has 0 radical (unpaired) electrons. The van der Waals surface area contributed by atoms with Crippen LogP contribution in [0, 0.1) is 20.8 Å². The van der Waals surface area contributed by atoms with Crippen LogP contribution in [-0.4, -0.2) is 4.61 Å². The molecule has 0 fully saturated rings. The fourth-order valence-corrected chi connectivity index (χ4v) is 4.16. The zero-order chi connectivity index (χ0) is 14.7. The van der Waals surface area contributed by atoms with E-state index in [0.29, 0.717) is 0 Å². The van der Waals surface area contributed by atoms with Crippen LogP contribution < -0.4 is 5.32 Å². The van der Waals surface area contributed by atoms with Gasteiger partial charge in [0.25, 0.3) is 0 Å². The van der Waals surface area contributed by atoms with Crippen LogP contribution in [0.1, 0.15) is 16.7 Å². The third kappa shape index (κ3) is 3.91. The first-order chi connectivity index (χ1) is 9.47. The van der Waals surface area contributed by atoms with Crippen LogP contribution in [0.3, 0.4) is 0 Å². The molecule has 1 aliphatic rings. The van der Waals surface area contributed by atoms with Crippen LogP contribution in [0.2, 0.25) is 0 Å². The van der Waals surface area contributed by atoms with Gasteiger partial charge in [0.15, 0.2) is 0 Å². The number of nitrogens with one attached hydrogen (secondary N) is 1. The monoisotopic (exact) mass is 395 g/mol. The summed E-state index contributed by atoms with van der Waals surface area (Å²) in [5.74, 6) is 0. The first-order valence-corrected chi connectivity index (χ1v) is 11.7. The van der Waals surface area contributed by atoms with E-state index in [-0.39, 0.29) is 0 Å². The SMILES string of the molecule is Cc1cc(C)c(N/C=C2/C=CC=C2[CH]=[Ru]([Cl])[Cl])c(C)c1. The summed E-state index contributed by atoms with van der Waals surface area (Å²) in [5, 5.41) is 3.41. The van der Waals surface area contributed by atoms with E-state index >= 15 is 0 Å². The molecule has 1 aromatic carbocycles. The molecule has 1 aromatic rings. The summed E-state index contributed by atoms with van der Waals surface area (Å²) in [4.78, 5) is 0. The normalized spacial score (nSPS) is 16.4. The predicted molar refractivity (Wildman–Crippen MR) is 87.4 cm³/mol. The van der Waals surface area contributed by atoms with Gasteiger partial charge in [-0.15, -0.1) is 0 Å². The fraction of sp³-hybridized carbons (Fsp3) is 0.188. The zero-order valence-corrected chi connectivity index (χ0v) is 14.9. The third-order valence-corrected chi connectivity index (χ3v) is 4.95. The van der Waals surface area contributed by atoms with Crippen molar-refractivity contribution in [2.24, 2.45) is 0 Å². The number of benzene rings is 1. The van der Waals surface area contributed by atoms with Crippen molar-refractivity contribution >= 4 is 29.7 Å². The minimum absolute atomic E-state index is 1.10. The molecular weight excluding hydrogens is 378 g/mol. The minimum atomic E-state index is -1.78. The molecular formula is C16H17Cl2NRu. The predicted octanol–water partition coefficient (Wildman–Crippen LogP) is 5.13. The fourth-order valence-electron chi connectivity index (χ4n) is 2.31. The molecule has 1 aliphatic carbocycles. The number of hydrogen-bond acceptors (Lipinski definition) is 1. The molecule has 0 aliphatic heterocycles. The van der Waals surface area contributed by atoms with Crippen molar-refractivity contribution in [3.05, 3.63) is 64.4 Å². The first-order valence-electron chi connectivity index (χ1n) is 6.24. The van der Waals surface area contributed by atoms with Crippen LogP contribution in [0.25, 0.3) is 0 Å². The summed E-state index contributed by atoms with van der Waals surface area (Å²) in [5.41, 5.74) is 7.16. The molecule has 1 nitrogen and oxygen atoms in total. The van der Waals surface area contributed by atoms with Gasteiger partial charge in [0.1, 0.15) is 0 Å². The summed E-state index contributed by atoms with van der Waals surface area (Å²) in [6.45, 7) is 6.35. The van der Waals surface area contributed by atoms with Crippen LogP contribution in [-0.2, 0) is 13.5 Å². The van der Waals surface area contributed by atoms with Gasteiger partial charge in [-0.2, -0.15) is 0 Å². The second-order valence-electron chi connectivity index (χ2n) is 4.81. The van der Waals surface area contributed by atoms with Crippen molar-refractivity contribution < 1.29 is 13.5 Å². The molecule has 0 heterocycles. The molecule has 0 saturated heterocycles. The van der Waals surface area contributed by atoms with Crippen LogP contribution in [0.4, 0.5) is 5.69 Å². The van der Waals surface area contributed by atoms with E-state index in [1.54, 1.807) is 0 Å². The Labute approximate surface area is 133 Å². The number of halogens is 2. The van der Waals surface area contributed by atoms with Crippen molar-refractivity contribution in [1.82, 2.24) is 0 Å². The summed E-state index contributed by atoms with van der Waals surface area (Å²) in [7, 11) is 11.9. The van der Waals surface area contributed by atoms with Gasteiger partial charge in [0.05, 0.1) is 0 Å². The molecule has 0 unspecified atom stereocenters. The van der Waals surface area contributed by atoms with E-state index in [1.807, 2.05) is 23.0 Å². The Morgan fingerprint density at radius 1 is 1.10 bits per heavy atom. The molecule has 4 heteroatoms. The van der Waals surface area contributed by atoms with Gasteiger partial charge in [-0.05, 0) is 0 Å². The van der Waals surface area contributed by atoms with Gasteiger partial charge in [-0.25, -0.2) is 0 Å². The molecule has 2 rings (SSSR count). The van der Waals surface area contributed by atoms with Gasteiger partial charge in [0.2, 0.25) is 0 Å². The number of hydrogen-bond donors (Lipinski definition) is 1. The molecule has 0 aromatic heterocycles. The van der Waals surface area contributed by atoms with E-state index in [2.05, 4.69) is 44.3 Å². The van der Waals surface area contributed by atoms with Crippen molar-refractivity contribution in [3.8, 4) is 0 Å². The number of allylic oxidation sites excluding steroid dienone is 5. The van der Waals surface area contributed by atoms with E-state index in [0.717, 1.165) is 16.8 Å². The van der Waals surface area contributed by atoms with Crippen LogP contribution in [0.15, 0.2) is 47.7 Å². The van der Waals surface area contributed by atoms with Gasteiger partial charge >= 0.3 is 134 Å². The van der Waals surface area contributed by atoms with Crippen molar-refractivity contribution in [2.45, 2.75) is 20.8 Å². The van der Waals surface area contributed by atoms with Gasteiger partial charge in [0, 0.05) is 0 Å². The second-order valence-corrected chi connectivity index (χ2v) is 10.5. The van der Waals surface area contributed by atoms with E-state index in [4.69, 9.17) is 19.4 Å². The van der Waals surface area contributed by atoms with Gasteiger partial charge in [-0.1, -0.05) is 0 Å². The Kier molecular flexibility index (Phi) is 5.37. The van der Waals surface area contributed by atoms with Crippen LogP contribution >= 0.6 is 19.4 Å². The molecule has 108 valence electrons. The topological polar surface area (TPSA) is 12.0 Å². The van der Waals surface area contributed by atoms with E-state index in [1.165, 1.54) is 16.7 Å². The quantitative estimate of drug-likeness (QED) is 0.700. The van der Waals surface area contributed by atoms with Crippen molar-refractivity contribution in [2.75, 3.05) is 5.32 Å². The Balaban J connectivity index is 2.24. The van der Waals surface area contributed by atoms with E-state index < -0.39 is 13.5 Å². The molecule has 0 saturated carbocycles. The van der Waals surface area contributed by atoms with Crippen molar-refractivity contribution in [1.29, 1.82) is 0 Å². The average molecular weight is 395 g/mol. The Morgan fingerprint density at radius 3 is 2.35 bits per heavy atom. The van der Waals surface area contributed by atoms with Crippen molar-refractivity contribution in [3.63, 3.8) is 0 Å².